The molecule has 0 bridgehead atoms. The fraction of sp³-hybridized carbons (Fsp3) is 0.333. The Morgan fingerprint density at radius 2 is 1.88 bits per heavy atom. The smallest absolute Gasteiger partial charge is 0.305 e. The third-order valence-electron chi connectivity index (χ3n) is 5.22. The number of hydrogen-bond donors (Lipinski definition) is 3. The number of carboxylic acid groups (broad SMARTS) is 1. The lowest BCUT2D eigenvalue weighted by Gasteiger charge is -2.24. The Hall–Kier alpha value is -3.88. The quantitative estimate of drug-likeness (QED) is 0.395. The highest BCUT2D eigenvalue weighted by atomic mass is 16.5. The van der Waals surface area contributed by atoms with E-state index in [-0.39, 0.29) is 43.8 Å². The number of anilines is 1. The molecule has 0 saturated heterocycles. The van der Waals surface area contributed by atoms with Gasteiger partial charge in [-0.1, -0.05) is 38.1 Å². The number of fused-ring (bicyclic) bond motifs is 1. The summed E-state index contributed by atoms with van der Waals surface area (Å²) < 4.78 is 5.87. The minimum Gasteiger partial charge on any atom is -0.489 e. The number of benzene rings is 2. The predicted octanol–water partition coefficient (Wildman–Crippen LogP) is 2.47. The molecule has 0 spiro atoms. The maximum Gasteiger partial charge on any atom is 0.305 e. The third kappa shape index (κ3) is 5.88. The van der Waals surface area contributed by atoms with Crippen molar-refractivity contribution in [3.8, 4) is 5.75 Å². The van der Waals surface area contributed by atoms with Crippen LogP contribution in [0.2, 0.25) is 0 Å². The number of nitrogens with two attached hydrogens (primary N) is 1. The highest BCUT2D eigenvalue weighted by Crippen LogP contribution is 2.30. The predicted molar refractivity (Wildman–Crippen MR) is 124 cm³/mol. The molecule has 9 heteroatoms. The Morgan fingerprint density at radius 1 is 1.18 bits per heavy atom. The van der Waals surface area contributed by atoms with Crippen LogP contribution in [0.3, 0.4) is 0 Å². The molecule has 0 fully saturated rings. The first-order valence-corrected chi connectivity index (χ1v) is 10.7. The van der Waals surface area contributed by atoms with Gasteiger partial charge in [0.1, 0.15) is 24.7 Å². The lowest BCUT2D eigenvalue weighted by molar-refractivity contribution is -0.137. The van der Waals surface area contributed by atoms with Crippen LogP contribution in [-0.2, 0) is 16.2 Å². The number of amidine groups is 1. The van der Waals surface area contributed by atoms with Crippen LogP contribution in [0.1, 0.15) is 41.8 Å². The first-order valence-electron chi connectivity index (χ1n) is 10.7. The maximum atomic E-state index is 13.2. The molecule has 2 amide bonds. The van der Waals surface area contributed by atoms with Crippen molar-refractivity contribution in [2.45, 2.75) is 26.9 Å². The van der Waals surface area contributed by atoms with E-state index in [0.29, 0.717) is 29.1 Å². The summed E-state index contributed by atoms with van der Waals surface area (Å²) in [5, 5.41) is 16.5. The van der Waals surface area contributed by atoms with Crippen molar-refractivity contribution in [1.29, 1.82) is 5.41 Å². The van der Waals surface area contributed by atoms with Gasteiger partial charge in [-0.2, -0.15) is 0 Å². The van der Waals surface area contributed by atoms with Crippen molar-refractivity contribution in [2.75, 3.05) is 24.5 Å². The van der Waals surface area contributed by atoms with E-state index in [1.807, 2.05) is 26.0 Å². The molecule has 0 atom stereocenters. The molecule has 0 aromatic heterocycles. The Morgan fingerprint density at radius 3 is 2.48 bits per heavy atom. The van der Waals surface area contributed by atoms with Gasteiger partial charge in [0.15, 0.2) is 0 Å². The Balaban J connectivity index is 1.87. The Bertz CT molecular complexity index is 1070. The zero-order chi connectivity index (χ0) is 24.1. The van der Waals surface area contributed by atoms with Gasteiger partial charge in [0.2, 0.25) is 5.91 Å². The zero-order valence-corrected chi connectivity index (χ0v) is 18.7. The van der Waals surface area contributed by atoms with Crippen LogP contribution in [0.15, 0.2) is 42.5 Å². The van der Waals surface area contributed by atoms with Crippen molar-refractivity contribution in [3.63, 3.8) is 0 Å². The number of amides is 2. The van der Waals surface area contributed by atoms with E-state index >= 15 is 0 Å². The van der Waals surface area contributed by atoms with Crippen LogP contribution in [0.5, 0.6) is 5.75 Å². The third-order valence-corrected chi connectivity index (χ3v) is 5.22. The number of ether oxygens (including phenoxy) is 1. The molecule has 2 aromatic carbocycles. The lowest BCUT2D eigenvalue weighted by atomic mass is 10.1. The summed E-state index contributed by atoms with van der Waals surface area (Å²) >= 11 is 0. The second kappa shape index (κ2) is 10.2. The Kier molecular flexibility index (Phi) is 7.32. The van der Waals surface area contributed by atoms with Crippen LogP contribution in [-0.4, -0.2) is 53.3 Å². The number of carboxylic acids is 1. The van der Waals surface area contributed by atoms with Crippen molar-refractivity contribution in [3.05, 3.63) is 59.2 Å². The second-order valence-corrected chi connectivity index (χ2v) is 8.35. The summed E-state index contributed by atoms with van der Waals surface area (Å²) in [6.07, 6.45) is -0.245. The fourth-order valence-electron chi connectivity index (χ4n) is 3.56. The van der Waals surface area contributed by atoms with Gasteiger partial charge in [-0.15, -0.1) is 0 Å². The van der Waals surface area contributed by atoms with Crippen LogP contribution in [0, 0.1) is 11.3 Å². The summed E-state index contributed by atoms with van der Waals surface area (Å²) in [4.78, 5) is 40.0. The summed E-state index contributed by atoms with van der Waals surface area (Å²) in [7, 11) is 0. The monoisotopic (exact) mass is 452 g/mol. The Labute approximate surface area is 192 Å². The van der Waals surface area contributed by atoms with Crippen LogP contribution in [0.25, 0.3) is 0 Å². The first kappa shape index (κ1) is 23.8. The van der Waals surface area contributed by atoms with Gasteiger partial charge in [0.25, 0.3) is 5.91 Å². The van der Waals surface area contributed by atoms with Crippen molar-refractivity contribution >= 4 is 29.3 Å². The average Bonchev–Trinajstić information content (AvgIpc) is 2.86. The highest BCUT2D eigenvalue weighted by molar-refractivity contribution is 6.10. The molecule has 0 unspecified atom stereocenters. The van der Waals surface area contributed by atoms with E-state index in [1.54, 1.807) is 35.2 Å². The molecule has 3 rings (SSSR count). The number of nitrogens with zero attached hydrogens (tertiary/aromatic N) is 2. The van der Waals surface area contributed by atoms with Gasteiger partial charge < -0.3 is 25.4 Å². The molecule has 0 radical (unpaired) electrons. The average molecular weight is 453 g/mol. The molecular weight excluding hydrogens is 424 g/mol. The molecule has 1 heterocycles. The van der Waals surface area contributed by atoms with Gasteiger partial charge in [0, 0.05) is 18.7 Å². The van der Waals surface area contributed by atoms with Crippen LogP contribution in [0.4, 0.5) is 5.69 Å². The number of carbonyl (C=O) groups excluding carboxylic acids is 2. The van der Waals surface area contributed by atoms with Crippen molar-refractivity contribution in [2.24, 2.45) is 11.7 Å². The molecule has 4 N–H and O–H groups in total. The molecule has 0 aliphatic carbocycles. The van der Waals surface area contributed by atoms with Crippen LogP contribution < -0.4 is 15.4 Å². The minimum atomic E-state index is -1.04. The van der Waals surface area contributed by atoms with E-state index in [0.717, 1.165) is 5.56 Å². The molecular formula is C24H28N4O5. The van der Waals surface area contributed by atoms with E-state index in [2.05, 4.69) is 0 Å². The van der Waals surface area contributed by atoms with E-state index < -0.39 is 11.9 Å². The number of hydrogen-bond acceptors (Lipinski definition) is 5. The van der Waals surface area contributed by atoms with Gasteiger partial charge in [-0.3, -0.25) is 19.8 Å². The molecule has 1 aliphatic heterocycles. The fourth-order valence-corrected chi connectivity index (χ4v) is 3.56. The van der Waals surface area contributed by atoms with Crippen LogP contribution >= 0.6 is 0 Å². The molecule has 9 nitrogen and oxygen atoms in total. The summed E-state index contributed by atoms with van der Waals surface area (Å²) in [5.41, 5.74) is 7.75. The molecule has 1 aliphatic rings. The summed E-state index contributed by atoms with van der Waals surface area (Å²) in [5.74, 6) is -1.07. The zero-order valence-electron chi connectivity index (χ0n) is 18.7. The molecule has 174 valence electrons. The number of carbonyl (C=O) groups is 3. The number of rotatable bonds is 9. The van der Waals surface area contributed by atoms with Gasteiger partial charge in [-0.25, -0.2) is 0 Å². The van der Waals surface area contributed by atoms with Gasteiger partial charge in [-0.05, 0) is 29.7 Å². The number of aliphatic carboxylic acids is 1. The summed E-state index contributed by atoms with van der Waals surface area (Å²) in [6, 6.07) is 12.1. The van der Waals surface area contributed by atoms with E-state index in [1.165, 1.54) is 4.90 Å². The molecule has 33 heavy (non-hydrogen) atoms. The molecule has 0 saturated carbocycles. The van der Waals surface area contributed by atoms with E-state index in [9.17, 15) is 14.4 Å². The highest BCUT2D eigenvalue weighted by Gasteiger charge is 2.32. The van der Waals surface area contributed by atoms with Crippen molar-refractivity contribution < 1.29 is 24.2 Å². The topological polar surface area (TPSA) is 137 Å². The SMILES string of the molecule is CC(C)CN1C(=O)CN(CCC(=O)O)C(=O)c2cc(OCc3ccc(C(=N)N)cc3)ccc21. The first-order chi connectivity index (χ1) is 15.7. The second-order valence-electron chi connectivity index (χ2n) is 8.35. The normalized spacial score (nSPS) is 13.7. The largest absolute Gasteiger partial charge is 0.489 e. The number of nitrogen functional groups attached to an aromatic ring is 1. The van der Waals surface area contributed by atoms with Gasteiger partial charge in [0.05, 0.1) is 17.7 Å². The lowest BCUT2D eigenvalue weighted by Crippen LogP contribution is -2.41. The van der Waals surface area contributed by atoms with E-state index in [4.69, 9.17) is 21.0 Å². The minimum absolute atomic E-state index is 0.0142. The maximum absolute atomic E-state index is 13.2. The van der Waals surface area contributed by atoms with Gasteiger partial charge >= 0.3 is 5.97 Å². The standard InChI is InChI=1S/C24H28N4O5/c1-15(2)12-28-20-8-7-18(33-14-16-3-5-17(6-4-16)23(25)26)11-19(20)24(32)27(13-21(28)29)10-9-22(30)31/h3-8,11,15H,9-10,12-14H2,1-2H3,(H3,25,26)(H,30,31). The molecule has 2 aromatic rings. The van der Waals surface area contributed by atoms with Crippen molar-refractivity contribution in [1.82, 2.24) is 4.90 Å². The number of nitrogens with one attached hydrogen (secondary N) is 1. The summed E-state index contributed by atoms with van der Waals surface area (Å²) in [6.45, 7) is 4.42.